The molecule has 0 spiro atoms. The summed E-state index contributed by atoms with van der Waals surface area (Å²) in [6.07, 6.45) is 0. The van der Waals surface area contributed by atoms with Crippen molar-refractivity contribution in [2.75, 3.05) is 45.8 Å². The number of rotatable bonds is 5. The molecule has 4 rings (SSSR count). The van der Waals surface area contributed by atoms with Gasteiger partial charge in [0.1, 0.15) is 0 Å². The van der Waals surface area contributed by atoms with Crippen LogP contribution in [0.4, 0.5) is 0 Å². The predicted molar refractivity (Wildman–Crippen MR) is 101 cm³/mol. The number of halogens is 1. The fourth-order valence-electron chi connectivity index (χ4n) is 3.48. The zero-order valence-corrected chi connectivity index (χ0v) is 15.4. The first-order chi connectivity index (χ1) is 11.7. The van der Waals surface area contributed by atoms with Gasteiger partial charge in [-0.15, -0.1) is 0 Å². The molecule has 2 N–H and O–H groups in total. The molecule has 5 nitrogen and oxygen atoms in total. The molecule has 6 heteroatoms. The average Bonchev–Trinajstić information content (AvgIpc) is 2.61. The summed E-state index contributed by atoms with van der Waals surface area (Å²) in [6.45, 7) is 11.9. The quantitative estimate of drug-likeness (QED) is 0.630. The molecule has 132 valence electrons. The summed E-state index contributed by atoms with van der Waals surface area (Å²) < 4.78 is 0. The highest BCUT2D eigenvalue weighted by atomic mass is 35.5. The first-order valence-electron chi connectivity index (χ1n) is 8.92. The Morgan fingerprint density at radius 1 is 1.33 bits per heavy atom. The van der Waals surface area contributed by atoms with Gasteiger partial charge in [-0.05, 0) is 31.5 Å². The van der Waals surface area contributed by atoms with Gasteiger partial charge in [-0.1, -0.05) is 23.7 Å². The minimum absolute atomic E-state index is 0.161. The highest BCUT2D eigenvalue weighted by molar-refractivity contribution is 6.30. The Labute approximate surface area is 150 Å². The molecule has 0 aromatic heterocycles. The first kappa shape index (κ1) is 17.5. The van der Waals surface area contributed by atoms with Gasteiger partial charge in [0.15, 0.2) is 5.96 Å². The van der Waals surface area contributed by atoms with Gasteiger partial charge in [0, 0.05) is 50.3 Å². The van der Waals surface area contributed by atoms with Crippen molar-refractivity contribution in [2.24, 2.45) is 4.99 Å². The SMILES string of the molecule is CCNC(=NCC1CN2CCN1CC2)NC(C)c1cccc(Cl)c1. The van der Waals surface area contributed by atoms with E-state index in [4.69, 9.17) is 16.6 Å². The van der Waals surface area contributed by atoms with Gasteiger partial charge in [0.2, 0.25) is 0 Å². The highest BCUT2D eigenvalue weighted by Crippen LogP contribution is 2.18. The standard InChI is InChI=1S/C18H28ClN5/c1-3-20-18(22-14(2)15-5-4-6-16(19)11-15)21-12-17-13-23-7-9-24(17)10-8-23/h4-6,11,14,17H,3,7-10,12-13H2,1-2H3,(H2,20,21,22). The van der Waals surface area contributed by atoms with E-state index < -0.39 is 0 Å². The molecular formula is C18H28ClN5. The molecule has 0 saturated carbocycles. The van der Waals surface area contributed by atoms with Gasteiger partial charge in [0.25, 0.3) is 0 Å². The smallest absolute Gasteiger partial charge is 0.191 e. The Kier molecular flexibility index (Phi) is 5.98. The fourth-order valence-corrected chi connectivity index (χ4v) is 3.68. The Morgan fingerprint density at radius 2 is 2.12 bits per heavy atom. The number of nitrogens with one attached hydrogen (secondary N) is 2. The van der Waals surface area contributed by atoms with Crippen molar-refractivity contribution in [3.05, 3.63) is 34.9 Å². The molecule has 3 heterocycles. The van der Waals surface area contributed by atoms with Crippen LogP contribution in [-0.2, 0) is 0 Å². The Bertz CT molecular complexity index is 568. The molecule has 2 atom stereocenters. The molecule has 24 heavy (non-hydrogen) atoms. The molecule has 1 aromatic carbocycles. The van der Waals surface area contributed by atoms with Crippen molar-refractivity contribution in [3.8, 4) is 0 Å². The summed E-state index contributed by atoms with van der Waals surface area (Å²) in [7, 11) is 0. The topological polar surface area (TPSA) is 42.9 Å². The van der Waals surface area contributed by atoms with Crippen molar-refractivity contribution in [3.63, 3.8) is 0 Å². The van der Waals surface area contributed by atoms with Crippen molar-refractivity contribution in [1.29, 1.82) is 0 Å². The van der Waals surface area contributed by atoms with Gasteiger partial charge in [-0.25, -0.2) is 0 Å². The molecule has 3 fully saturated rings. The minimum atomic E-state index is 0.161. The van der Waals surface area contributed by atoms with E-state index >= 15 is 0 Å². The number of piperazine rings is 3. The summed E-state index contributed by atoms with van der Waals surface area (Å²) in [5.74, 6) is 0.877. The van der Waals surface area contributed by atoms with Crippen molar-refractivity contribution in [2.45, 2.75) is 25.9 Å². The highest BCUT2D eigenvalue weighted by Gasteiger charge is 2.31. The lowest BCUT2D eigenvalue weighted by Gasteiger charge is -2.47. The fraction of sp³-hybridized carbons (Fsp3) is 0.611. The van der Waals surface area contributed by atoms with Crippen molar-refractivity contribution < 1.29 is 0 Å². The molecule has 2 unspecified atom stereocenters. The maximum atomic E-state index is 6.10. The van der Waals surface area contributed by atoms with Gasteiger partial charge in [0.05, 0.1) is 12.6 Å². The van der Waals surface area contributed by atoms with Crippen LogP contribution < -0.4 is 10.6 Å². The minimum Gasteiger partial charge on any atom is -0.357 e. The lowest BCUT2D eigenvalue weighted by molar-refractivity contribution is 0.0174. The van der Waals surface area contributed by atoms with Crippen LogP contribution in [0.3, 0.4) is 0 Å². The molecule has 3 saturated heterocycles. The van der Waals surface area contributed by atoms with Crippen LogP contribution in [-0.4, -0.2) is 67.6 Å². The number of guanidine groups is 1. The molecule has 3 aliphatic heterocycles. The number of aliphatic imine (C=N–C) groups is 1. The molecule has 3 aliphatic rings. The molecule has 2 bridgehead atoms. The van der Waals surface area contributed by atoms with Crippen LogP contribution in [0.15, 0.2) is 29.3 Å². The molecule has 1 aromatic rings. The summed E-state index contributed by atoms with van der Waals surface area (Å²) in [4.78, 5) is 9.96. The number of hydrogen-bond acceptors (Lipinski definition) is 3. The molecular weight excluding hydrogens is 322 g/mol. The zero-order chi connectivity index (χ0) is 16.9. The van der Waals surface area contributed by atoms with Crippen LogP contribution in [0.25, 0.3) is 0 Å². The third-order valence-corrected chi connectivity index (χ3v) is 5.13. The van der Waals surface area contributed by atoms with Gasteiger partial charge < -0.3 is 10.6 Å². The van der Waals surface area contributed by atoms with Crippen LogP contribution in [0, 0.1) is 0 Å². The lowest BCUT2D eigenvalue weighted by atomic mass is 10.1. The zero-order valence-electron chi connectivity index (χ0n) is 14.6. The summed E-state index contributed by atoms with van der Waals surface area (Å²) in [6, 6.07) is 8.69. The maximum absolute atomic E-state index is 6.10. The molecule has 0 amide bonds. The lowest BCUT2D eigenvalue weighted by Crippen LogP contribution is -2.62. The number of benzene rings is 1. The maximum Gasteiger partial charge on any atom is 0.191 e. The van der Waals surface area contributed by atoms with Crippen molar-refractivity contribution >= 4 is 17.6 Å². The molecule has 0 radical (unpaired) electrons. The van der Waals surface area contributed by atoms with E-state index in [9.17, 15) is 0 Å². The summed E-state index contributed by atoms with van der Waals surface area (Å²) >= 11 is 6.10. The Balaban J connectivity index is 1.61. The van der Waals surface area contributed by atoms with Crippen LogP contribution in [0.2, 0.25) is 5.02 Å². The van der Waals surface area contributed by atoms with E-state index in [2.05, 4.69) is 40.3 Å². The van der Waals surface area contributed by atoms with Gasteiger partial charge >= 0.3 is 0 Å². The third-order valence-electron chi connectivity index (χ3n) is 4.90. The van der Waals surface area contributed by atoms with Crippen LogP contribution >= 0.6 is 11.6 Å². The van der Waals surface area contributed by atoms with Crippen LogP contribution in [0.1, 0.15) is 25.5 Å². The second kappa shape index (κ2) is 8.19. The predicted octanol–water partition coefficient (Wildman–Crippen LogP) is 1.96. The third kappa shape index (κ3) is 4.41. The van der Waals surface area contributed by atoms with Gasteiger partial charge in [-0.2, -0.15) is 0 Å². The van der Waals surface area contributed by atoms with Crippen molar-refractivity contribution in [1.82, 2.24) is 20.4 Å². The normalized spacial score (nSPS) is 27.8. The second-order valence-corrected chi connectivity index (χ2v) is 7.07. The summed E-state index contributed by atoms with van der Waals surface area (Å²) in [5.41, 5.74) is 1.17. The van der Waals surface area contributed by atoms with Crippen LogP contribution in [0.5, 0.6) is 0 Å². The second-order valence-electron chi connectivity index (χ2n) is 6.63. The molecule has 0 aliphatic carbocycles. The van der Waals surface area contributed by atoms with E-state index in [1.807, 2.05) is 18.2 Å². The first-order valence-corrected chi connectivity index (χ1v) is 9.30. The largest absolute Gasteiger partial charge is 0.357 e. The Hall–Kier alpha value is -1.30. The van der Waals surface area contributed by atoms with E-state index in [0.717, 1.165) is 30.6 Å². The Morgan fingerprint density at radius 3 is 2.75 bits per heavy atom. The van der Waals surface area contributed by atoms with E-state index in [0.29, 0.717) is 6.04 Å². The van der Waals surface area contributed by atoms with E-state index in [1.165, 1.54) is 31.7 Å². The number of fused-ring (bicyclic) bond motifs is 3. The number of nitrogens with zero attached hydrogens (tertiary/aromatic N) is 3. The van der Waals surface area contributed by atoms with E-state index in [-0.39, 0.29) is 6.04 Å². The summed E-state index contributed by atoms with van der Waals surface area (Å²) in [5, 5.41) is 7.62. The van der Waals surface area contributed by atoms with Gasteiger partial charge in [-0.3, -0.25) is 14.8 Å². The van der Waals surface area contributed by atoms with E-state index in [1.54, 1.807) is 0 Å². The number of hydrogen-bond donors (Lipinski definition) is 2. The monoisotopic (exact) mass is 349 g/mol. The average molecular weight is 350 g/mol.